The lowest BCUT2D eigenvalue weighted by Crippen LogP contribution is -2.47. The van der Waals surface area contributed by atoms with Crippen LogP contribution in [0.2, 0.25) is 0 Å². The molecule has 2 saturated heterocycles. The minimum Gasteiger partial charge on any atom is -0.377 e. The summed E-state index contributed by atoms with van der Waals surface area (Å²) in [6, 6.07) is 3.78. The van der Waals surface area contributed by atoms with Crippen LogP contribution in [-0.4, -0.2) is 77.9 Å². The van der Waals surface area contributed by atoms with Crippen LogP contribution in [0, 0.1) is 0 Å². The standard InChI is InChI=1S/C19H31N3O3/c1-4-21(5-2)13-16-8-9-19(25-16)14-22(11-12-24-15-19)18(23)17-7-6-10-20(17)3/h6-7,10,16H,4-5,8-9,11-15H2,1-3H3/t16-,19+/m0/s1. The number of carbonyl (C=O) groups excluding carboxylic acids is 1. The predicted molar refractivity (Wildman–Crippen MR) is 96.8 cm³/mol. The van der Waals surface area contributed by atoms with Gasteiger partial charge < -0.3 is 23.8 Å². The minimum atomic E-state index is -0.352. The second-order valence-corrected chi connectivity index (χ2v) is 7.23. The summed E-state index contributed by atoms with van der Waals surface area (Å²) in [5, 5.41) is 0. The molecule has 1 aromatic rings. The lowest BCUT2D eigenvalue weighted by molar-refractivity contribution is -0.0896. The van der Waals surface area contributed by atoms with Gasteiger partial charge in [-0.1, -0.05) is 13.8 Å². The molecule has 2 atom stereocenters. The molecule has 1 spiro atoms. The zero-order chi connectivity index (χ0) is 17.9. The van der Waals surface area contributed by atoms with Gasteiger partial charge in [-0.05, 0) is 38.1 Å². The molecule has 2 fully saturated rings. The zero-order valence-electron chi connectivity index (χ0n) is 15.7. The molecule has 2 aliphatic heterocycles. The molecule has 1 aromatic heterocycles. The van der Waals surface area contributed by atoms with Crippen molar-refractivity contribution >= 4 is 5.91 Å². The molecule has 0 bridgehead atoms. The Labute approximate surface area is 150 Å². The third-order valence-electron chi connectivity index (χ3n) is 5.49. The van der Waals surface area contributed by atoms with Crippen molar-refractivity contribution in [1.82, 2.24) is 14.4 Å². The Morgan fingerprint density at radius 3 is 2.88 bits per heavy atom. The predicted octanol–water partition coefficient (Wildman–Crippen LogP) is 1.76. The molecule has 0 unspecified atom stereocenters. The molecule has 3 heterocycles. The van der Waals surface area contributed by atoms with E-state index in [-0.39, 0.29) is 17.6 Å². The SMILES string of the molecule is CCN(CC)C[C@@H]1CC[C@@]2(COCCN(C(=O)c3cccn3C)C2)O1. The fraction of sp³-hybridized carbons (Fsp3) is 0.737. The first kappa shape index (κ1) is 18.4. The monoisotopic (exact) mass is 349 g/mol. The summed E-state index contributed by atoms with van der Waals surface area (Å²) in [5.41, 5.74) is 0.365. The van der Waals surface area contributed by atoms with Gasteiger partial charge in [-0.2, -0.15) is 0 Å². The molecule has 0 aliphatic carbocycles. The molecule has 6 nitrogen and oxygen atoms in total. The highest BCUT2D eigenvalue weighted by molar-refractivity contribution is 5.92. The van der Waals surface area contributed by atoms with Crippen molar-refractivity contribution in [3.63, 3.8) is 0 Å². The summed E-state index contributed by atoms with van der Waals surface area (Å²) in [5.74, 6) is 0.0631. The van der Waals surface area contributed by atoms with Crippen LogP contribution in [0.15, 0.2) is 18.3 Å². The number of carbonyl (C=O) groups is 1. The normalized spacial score (nSPS) is 27.2. The Kier molecular flexibility index (Phi) is 5.81. The Bertz CT molecular complexity index is 584. The van der Waals surface area contributed by atoms with Crippen LogP contribution >= 0.6 is 0 Å². The highest BCUT2D eigenvalue weighted by Crippen LogP contribution is 2.33. The van der Waals surface area contributed by atoms with E-state index in [0.717, 1.165) is 38.2 Å². The maximum absolute atomic E-state index is 12.9. The van der Waals surface area contributed by atoms with Crippen molar-refractivity contribution in [2.45, 2.75) is 38.4 Å². The van der Waals surface area contributed by atoms with E-state index in [4.69, 9.17) is 9.47 Å². The van der Waals surface area contributed by atoms with Crippen LogP contribution in [0.5, 0.6) is 0 Å². The maximum atomic E-state index is 12.9. The van der Waals surface area contributed by atoms with Gasteiger partial charge in [-0.3, -0.25) is 4.79 Å². The van der Waals surface area contributed by atoms with Crippen LogP contribution < -0.4 is 0 Å². The summed E-state index contributed by atoms with van der Waals surface area (Å²) in [7, 11) is 1.91. The molecule has 25 heavy (non-hydrogen) atoms. The highest BCUT2D eigenvalue weighted by atomic mass is 16.6. The third-order valence-corrected chi connectivity index (χ3v) is 5.49. The first-order valence-electron chi connectivity index (χ1n) is 9.45. The van der Waals surface area contributed by atoms with Gasteiger partial charge in [-0.25, -0.2) is 0 Å². The van der Waals surface area contributed by atoms with Crippen molar-refractivity contribution in [2.24, 2.45) is 7.05 Å². The first-order chi connectivity index (χ1) is 12.1. The van der Waals surface area contributed by atoms with Crippen molar-refractivity contribution in [3.8, 4) is 0 Å². The van der Waals surface area contributed by atoms with E-state index in [2.05, 4.69) is 18.7 Å². The van der Waals surface area contributed by atoms with Crippen molar-refractivity contribution in [1.29, 1.82) is 0 Å². The highest BCUT2D eigenvalue weighted by Gasteiger charge is 2.44. The number of aryl methyl sites for hydroxylation is 1. The molecular formula is C19H31N3O3. The van der Waals surface area contributed by atoms with Crippen molar-refractivity contribution < 1.29 is 14.3 Å². The van der Waals surface area contributed by atoms with E-state index >= 15 is 0 Å². The quantitative estimate of drug-likeness (QED) is 0.813. The Morgan fingerprint density at radius 2 is 2.20 bits per heavy atom. The molecule has 0 N–H and O–H groups in total. The Hall–Kier alpha value is -1.37. The number of likely N-dealkylation sites (N-methyl/N-ethyl adjacent to an activating group) is 1. The summed E-state index contributed by atoms with van der Waals surface area (Å²) >= 11 is 0. The summed E-state index contributed by atoms with van der Waals surface area (Å²) in [6.07, 6.45) is 4.12. The van der Waals surface area contributed by atoms with Gasteiger partial charge in [0.25, 0.3) is 5.91 Å². The van der Waals surface area contributed by atoms with Crippen molar-refractivity contribution in [3.05, 3.63) is 24.0 Å². The number of hydrogen-bond donors (Lipinski definition) is 0. The van der Waals surface area contributed by atoms with Gasteiger partial charge >= 0.3 is 0 Å². The number of rotatable bonds is 5. The Balaban J connectivity index is 1.68. The van der Waals surface area contributed by atoms with E-state index in [0.29, 0.717) is 26.3 Å². The molecule has 2 aliphatic rings. The van der Waals surface area contributed by atoms with Gasteiger partial charge in [0, 0.05) is 26.3 Å². The fourth-order valence-electron chi connectivity index (χ4n) is 3.94. The Morgan fingerprint density at radius 1 is 1.40 bits per heavy atom. The van der Waals surface area contributed by atoms with E-state index in [9.17, 15) is 4.79 Å². The number of aromatic nitrogens is 1. The summed E-state index contributed by atoms with van der Waals surface area (Å²) < 4.78 is 14.2. The number of amides is 1. The van der Waals surface area contributed by atoms with Crippen molar-refractivity contribution in [2.75, 3.05) is 45.9 Å². The van der Waals surface area contributed by atoms with Crippen LogP contribution in [-0.2, 0) is 16.5 Å². The molecule has 6 heteroatoms. The fourth-order valence-corrected chi connectivity index (χ4v) is 3.94. The van der Waals surface area contributed by atoms with E-state index in [1.165, 1.54) is 0 Å². The van der Waals surface area contributed by atoms with Gasteiger partial charge in [-0.15, -0.1) is 0 Å². The second-order valence-electron chi connectivity index (χ2n) is 7.23. The van der Waals surface area contributed by atoms with Gasteiger partial charge in [0.2, 0.25) is 0 Å². The molecule has 0 saturated carbocycles. The van der Waals surface area contributed by atoms with Crippen LogP contribution in [0.1, 0.15) is 37.2 Å². The second kappa shape index (κ2) is 7.89. The summed E-state index contributed by atoms with van der Waals surface area (Å²) in [4.78, 5) is 17.2. The van der Waals surface area contributed by atoms with Crippen LogP contribution in [0.3, 0.4) is 0 Å². The smallest absolute Gasteiger partial charge is 0.270 e. The third kappa shape index (κ3) is 4.07. The number of nitrogens with zero attached hydrogens (tertiary/aromatic N) is 3. The average Bonchev–Trinajstić information content (AvgIpc) is 3.14. The molecule has 0 radical (unpaired) electrons. The lowest BCUT2D eigenvalue weighted by Gasteiger charge is -2.32. The molecule has 1 amide bonds. The average molecular weight is 349 g/mol. The van der Waals surface area contributed by atoms with Crippen LogP contribution in [0.25, 0.3) is 0 Å². The van der Waals surface area contributed by atoms with E-state index < -0.39 is 0 Å². The van der Waals surface area contributed by atoms with Gasteiger partial charge in [0.05, 0.1) is 25.9 Å². The molecule has 3 rings (SSSR count). The van der Waals surface area contributed by atoms with Gasteiger partial charge in [0.15, 0.2) is 0 Å². The number of ether oxygens (including phenoxy) is 2. The maximum Gasteiger partial charge on any atom is 0.270 e. The lowest BCUT2D eigenvalue weighted by atomic mass is 10.00. The topological polar surface area (TPSA) is 46.9 Å². The molecule has 0 aromatic carbocycles. The summed E-state index contributed by atoms with van der Waals surface area (Å²) in [6.45, 7) is 9.80. The molecule has 140 valence electrons. The largest absolute Gasteiger partial charge is 0.377 e. The first-order valence-corrected chi connectivity index (χ1v) is 9.45. The zero-order valence-corrected chi connectivity index (χ0v) is 15.7. The van der Waals surface area contributed by atoms with E-state index in [1.807, 2.05) is 34.8 Å². The van der Waals surface area contributed by atoms with Gasteiger partial charge in [0.1, 0.15) is 11.3 Å². The van der Waals surface area contributed by atoms with E-state index in [1.54, 1.807) is 0 Å². The minimum absolute atomic E-state index is 0.0631. The molecular weight excluding hydrogens is 318 g/mol. The number of hydrogen-bond acceptors (Lipinski definition) is 4. The van der Waals surface area contributed by atoms with Crippen LogP contribution in [0.4, 0.5) is 0 Å².